The molecule has 0 bridgehead atoms. The largest absolute Gasteiger partial charge is 0.383 e. The summed E-state index contributed by atoms with van der Waals surface area (Å²) >= 11 is 6.04. The molecular weight excluding hydrogens is 424 g/mol. The van der Waals surface area contributed by atoms with Gasteiger partial charge in [-0.15, -0.1) is 0 Å². The zero-order valence-corrected chi connectivity index (χ0v) is 18.6. The molecular formula is C24H23ClN6O. The van der Waals surface area contributed by atoms with Crippen molar-refractivity contribution in [2.24, 2.45) is 0 Å². The van der Waals surface area contributed by atoms with Gasteiger partial charge in [0, 0.05) is 58.0 Å². The zero-order valence-electron chi connectivity index (χ0n) is 17.8. The number of nitrogens with one attached hydrogen (secondary N) is 3. The van der Waals surface area contributed by atoms with Crippen molar-refractivity contribution in [1.29, 1.82) is 0 Å². The first kappa shape index (κ1) is 21.5. The summed E-state index contributed by atoms with van der Waals surface area (Å²) in [5.41, 5.74) is 4.97. The zero-order chi connectivity index (χ0) is 22.5. The first-order valence-electron chi connectivity index (χ1n) is 10.2. The van der Waals surface area contributed by atoms with Crippen LogP contribution >= 0.6 is 11.6 Å². The Kier molecular flexibility index (Phi) is 6.47. The van der Waals surface area contributed by atoms with Crippen LogP contribution in [0.1, 0.15) is 21.7 Å². The number of halogens is 1. The first-order chi connectivity index (χ1) is 15.5. The lowest BCUT2D eigenvalue weighted by atomic mass is 10.2. The van der Waals surface area contributed by atoms with E-state index in [-0.39, 0.29) is 5.91 Å². The molecule has 0 atom stereocenters. The third-order valence-electron chi connectivity index (χ3n) is 4.82. The van der Waals surface area contributed by atoms with Crippen LogP contribution in [-0.4, -0.2) is 33.9 Å². The minimum atomic E-state index is -0.132. The number of carbonyl (C=O) groups is 1. The van der Waals surface area contributed by atoms with Gasteiger partial charge in [-0.05, 0) is 68.4 Å². The van der Waals surface area contributed by atoms with Crippen LogP contribution in [0.4, 0.5) is 17.3 Å². The van der Waals surface area contributed by atoms with Gasteiger partial charge in [0.2, 0.25) is 5.95 Å². The van der Waals surface area contributed by atoms with Crippen molar-refractivity contribution >= 4 is 45.7 Å². The molecule has 0 unspecified atom stereocenters. The molecule has 2 aromatic heterocycles. The summed E-state index contributed by atoms with van der Waals surface area (Å²) < 4.78 is 0. The molecule has 32 heavy (non-hydrogen) atoms. The quantitative estimate of drug-likeness (QED) is 0.350. The summed E-state index contributed by atoms with van der Waals surface area (Å²) in [5, 5.41) is 11.1. The van der Waals surface area contributed by atoms with E-state index in [4.69, 9.17) is 11.6 Å². The second-order valence-corrected chi connectivity index (χ2v) is 7.82. The maximum atomic E-state index is 12.5. The number of nitrogens with zero attached hydrogens (tertiary/aromatic N) is 3. The number of anilines is 3. The normalized spacial score (nSPS) is 10.7. The minimum Gasteiger partial charge on any atom is -0.383 e. The summed E-state index contributed by atoms with van der Waals surface area (Å²) in [7, 11) is 0. The van der Waals surface area contributed by atoms with Crippen LogP contribution in [0.2, 0.25) is 5.02 Å². The summed E-state index contributed by atoms with van der Waals surface area (Å²) in [4.78, 5) is 25.5. The van der Waals surface area contributed by atoms with E-state index in [1.165, 1.54) is 0 Å². The Labute approximate surface area is 191 Å². The third kappa shape index (κ3) is 5.31. The Bertz CT molecular complexity index is 1240. The van der Waals surface area contributed by atoms with E-state index in [1.54, 1.807) is 18.3 Å². The van der Waals surface area contributed by atoms with Gasteiger partial charge in [-0.1, -0.05) is 11.6 Å². The van der Waals surface area contributed by atoms with Crippen LogP contribution in [0.15, 0.2) is 60.8 Å². The SMILES string of the molecule is Cc1cc(C)nc(Nc2ccc(C(=O)NCCNc3ccnc4cc(Cl)ccc34)cc2)n1. The van der Waals surface area contributed by atoms with E-state index < -0.39 is 0 Å². The second-order valence-electron chi connectivity index (χ2n) is 7.38. The molecule has 0 saturated carbocycles. The predicted molar refractivity (Wildman–Crippen MR) is 129 cm³/mol. The predicted octanol–water partition coefficient (Wildman–Crippen LogP) is 4.88. The molecule has 0 fully saturated rings. The number of amides is 1. The molecule has 162 valence electrons. The van der Waals surface area contributed by atoms with Gasteiger partial charge in [0.25, 0.3) is 5.91 Å². The van der Waals surface area contributed by atoms with E-state index in [0.717, 1.165) is 33.7 Å². The number of hydrogen-bond acceptors (Lipinski definition) is 6. The van der Waals surface area contributed by atoms with Gasteiger partial charge >= 0.3 is 0 Å². The van der Waals surface area contributed by atoms with Crippen LogP contribution in [0.3, 0.4) is 0 Å². The lowest BCUT2D eigenvalue weighted by Gasteiger charge is -2.11. The van der Waals surface area contributed by atoms with Gasteiger partial charge in [0.15, 0.2) is 0 Å². The van der Waals surface area contributed by atoms with E-state index in [2.05, 4.69) is 30.9 Å². The molecule has 2 aromatic carbocycles. The molecule has 0 aliphatic heterocycles. The number of pyridine rings is 1. The highest BCUT2D eigenvalue weighted by molar-refractivity contribution is 6.31. The molecule has 0 saturated heterocycles. The highest BCUT2D eigenvalue weighted by Crippen LogP contribution is 2.24. The second kappa shape index (κ2) is 9.62. The molecule has 3 N–H and O–H groups in total. The van der Waals surface area contributed by atoms with Gasteiger partial charge in [-0.25, -0.2) is 9.97 Å². The number of hydrogen-bond donors (Lipinski definition) is 3. The molecule has 2 heterocycles. The Morgan fingerprint density at radius 2 is 1.69 bits per heavy atom. The van der Waals surface area contributed by atoms with E-state index in [9.17, 15) is 4.79 Å². The highest BCUT2D eigenvalue weighted by atomic mass is 35.5. The molecule has 4 aromatic rings. The standard InChI is InChI=1S/C24H23ClN6O/c1-15-13-16(2)30-24(29-15)31-19-6-3-17(4-7-19)23(32)28-12-11-27-21-9-10-26-22-14-18(25)5-8-20(21)22/h3-10,13-14H,11-12H2,1-2H3,(H,26,27)(H,28,32)(H,29,30,31). The molecule has 0 aliphatic rings. The molecule has 0 aliphatic carbocycles. The smallest absolute Gasteiger partial charge is 0.251 e. The Morgan fingerprint density at radius 3 is 2.44 bits per heavy atom. The van der Waals surface area contributed by atoms with E-state index >= 15 is 0 Å². The first-order valence-corrected chi connectivity index (χ1v) is 10.6. The average molecular weight is 447 g/mol. The fourth-order valence-electron chi connectivity index (χ4n) is 3.37. The molecule has 0 spiro atoms. The molecule has 1 amide bonds. The van der Waals surface area contributed by atoms with Crippen LogP contribution in [-0.2, 0) is 0 Å². The number of aromatic nitrogens is 3. The number of aryl methyl sites for hydroxylation is 2. The van der Waals surface area contributed by atoms with Crippen molar-refractivity contribution in [3.05, 3.63) is 82.8 Å². The van der Waals surface area contributed by atoms with Crippen LogP contribution in [0.5, 0.6) is 0 Å². The number of fused-ring (bicyclic) bond motifs is 1. The van der Waals surface area contributed by atoms with Gasteiger partial charge in [-0.3, -0.25) is 9.78 Å². The monoisotopic (exact) mass is 446 g/mol. The van der Waals surface area contributed by atoms with Crippen molar-refractivity contribution in [3.8, 4) is 0 Å². The Morgan fingerprint density at radius 1 is 0.938 bits per heavy atom. The van der Waals surface area contributed by atoms with Gasteiger partial charge in [0.05, 0.1) is 5.52 Å². The topological polar surface area (TPSA) is 91.8 Å². The Hall–Kier alpha value is -3.71. The number of rotatable bonds is 7. The Balaban J connectivity index is 1.30. The van der Waals surface area contributed by atoms with E-state index in [1.807, 2.05) is 56.3 Å². The summed E-state index contributed by atoms with van der Waals surface area (Å²) in [5.74, 6) is 0.407. The van der Waals surface area contributed by atoms with Crippen molar-refractivity contribution in [1.82, 2.24) is 20.3 Å². The summed E-state index contributed by atoms with van der Waals surface area (Å²) in [6.45, 7) is 4.91. The number of carbonyl (C=O) groups excluding carboxylic acids is 1. The molecule has 8 heteroatoms. The molecule has 7 nitrogen and oxygen atoms in total. The molecule has 0 radical (unpaired) electrons. The fraction of sp³-hybridized carbons (Fsp3) is 0.167. The summed E-state index contributed by atoms with van der Waals surface area (Å²) in [6.07, 6.45) is 1.73. The van der Waals surface area contributed by atoms with Crippen molar-refractivity contribution in [2.45, 2.75) is 13.8 Å². The average Bonchev–Trinajstić information content (AvgIpc) is 2.76. The number of benzene rings is 2. The lowest BCUT2D eigenvalue weighted by Crippen LogP contribution is -2.28. The van der Waals surface area contributed by atoms with Crippen molar-refractivity contribution in [2.75, 3.05) is 23.7 Å². The minimum absolute atomic E-state index is 0.132. The lowest BCUT2D eigenvalue weighted by molar-refractivity contribution is 0.0955. The highest BCUT2D eigenvalue weighted by Gasteiger charge is 2.07. The van der Waals surface area contributed by atoms with Crippen LogP contribution in [0, 0.1) is 13.8 Å². The van der Waals surface area contributed by atoms with Gasteiger partial charge in [0.1, 0.15) is 0 Å². The van der Waals surface area contributed by atoms with Gasteiger partial charge in [-0.2, -0.15) is 0 Å². The maximum Gasteiger partial charge on any atom is 0.251 e. The fourth-order valence-corrected chi connectivity index (χ4v) is 3.53. The molecule has 4 rings (SSSR count). The van der Waals surface area contributed by atoms with E-state index in [0.29, 0.717) is 29.6 Å². The van der Waals surface area contributed by atoms with Gasteiger partial charge < -0.3 is 16.0 Å². The van der Waals surface area contributed by atoms with Crippen molar-refractivity contribution in [3.63, 3.8) is 0 Å². The summed E-state index contributed by atoms with van der Waals surface area (Å²) in [6, 6.07) is 16.6. The van der Waals surface area contributed by atoms with Crippen molar-refractivity contribution < 1.29 is 4.79 Å². The maximum absolute atomic E-state index is 12.5. The third-order valence-corrected chi connectivity index (χ3v) is 5.05. The van der Waals surface area contributed by atoms with Crippen LogP contribution in [0.25, 0.3) is 10.9 Å². The van der Waals surface area contributed by atoms with Crippen LogP contribution < -0.4 is 16.0 Å².